The summed E-state index contributed by atoms with van der Waals surface area (Å²) in [7, 11) is -1.86. The number of likely N-dealkylation sites (N-methyl/N-ethyl adjacent to an activating group) is 1. The van der Waals surface area contributed by atoms with E-state index in [1.165, 1.54) is 17.0 Å². The van der Waals surface area contributed by atoms with Gasteiger partial charge in [0.15, 0.2) is 6.54 Å². The van der Waals surface area contributed by atoms with E-state index in [0.717, 1.165) is 17.0 Å². The molecule has 0 radical (unpaired) electrons. The number of rotatable bonds is 7. The normalized spacial score (nSPS) is 12.6. The van der Waals surface area contributed by atoms with E-state index in [1.54, 1.807) is 23.9 Å². The Balaban J connectivity index is 1.93. The lowest BCUT2D eigenvalue weighted by molar-refractivity contribution is -0.885. The van der Waals surface area contributed by atoms with Gasteiger partial charge in [0.2, 0.25) is 10.0 Å². The van der Waals surface area contributed by atoms with E-state index < -0.39 is 10.0 Å². The number of sulfonamides is 1. The number of amides is 1. The molecule has 0 bridgehead atoms. The van der Waals surface area contributed by atoms with Crippen molar-refractivity contribution in [1.29, 1.82) is 0 Å². The number of thioether (sulfide) groups is 1. The Morgan fingerprint density at radius 2 is 1.88 bits per heavy atom. The van der Waals surface area contributed by atoms with Crippen LogP contribution in [0.25, 0.3) is 0 Å². The van der Waals surface area contributed by atoms with E-state index in [1.807, 2.05) is 13.3 Å². The van der Waals surface area contributed by atoms with Crippen molar-refractivity contribution >= 4 is 33.4 Å². The highest BCUT2D eigenvalue weighted by Gasteiger charge is 2.13. The molecule has 4 N–H and O–H groups in total. The summed E-state index contributed by atoms with van der Waals surface area (Å²) in [6.07, 6.45) is 2.03. The third-order valence-electron chi connectivity index (χ3n) is 3.57. The number of hydrogen-bond donors (Lipinski definition) is 3. The molecule has 0 saturated heterocycles. The quantitative estimate of drug-likeness (QED) is 0.617. The van der Waals surface area contributed by atoms with Crippen molar-refractivity contribution in [1.82, 2.24) is 0 Å². The molecule has 0 aromatic heterocycles. The van der Waals surface area contributed by atoms with Gasteiger partial charge in [-0.15, -0.1) is 11.8 Å². The lowest BCUT2D eigenvalue weighted by Crippen LogP contribution is -3.08. The number of nitrogens with two attached hydrogens (primary N) is 1. The van der Waals surface area contributed by atoms with Gasteiger partial charge in [-0.3, -0.25) is 4.79 Å². The Bertz CT molecular complexity index is 836. The lowest BCUT2D eigenvalue weighted by Gasteiger charge is -2.14. The van der Waals surface area contributed by atoms with Gasteiger partial charge in [-0.2, -0.15) is 0 Å². The van der Waals surface area contributed by atoms with Gasteiger partial charge in [-0.05, 0) is 36.6 Å². The number of carbonyl (C=O) groups excluding carboxylic acids is 1. The van der Waals surface area contributed by atoms with Gasteiger partial charge >= 0.3 is 0 Å². The summed E-state index contributed by atoms with van der Waals surface area (Å²) in [5.74, 6) is -0.190. The van der Waals surface area contributed by atoms with Crippen LogP contribution in [0.15, 0.2) is 58.3 Å². The predicted octanol–water partition coefficient (Wildman–Crippen LogP) is 0.709. The molecule has 6 nitrogen and oxygen atoms in total. The van der Waals surface area contributed by atoms with Crippen LogP contribution < -0.4 is 15.4 Å². The zero-order chi connectivity index (χ0) is 18.4. The van der Waals surface area contributed by atoms with Crippen LogP contribution in [0.3, 0.4) is 0 Å². The average molecular weight is 381 g/mol. The maximum absolute atomic E-state index is 12.2. The van der Waals surface area contributed by atoms with Gasteiger partial charge < -0.3 is 10.2 Å². The van der Waals surface area contributed by atoms with Crippen molar-refractivity contribution < 1.29 is 18.1 Å². The zero-order valence-corrected chi connectivity index (χ0v) is 15.8. The molecule has 0 saturated carbocycles. The van der Waals surface area contributed by atoms with Crippen LogP contribution in [-0.2, 0) is 21.4 Å². The number of nitrogens with one attached hydrogen (secondary N) is 2. The maximum atomic E-state index is 12.2. The summed E-state index contributed by atoms with van der Waals surface area (Å²) in [4.78, 5) is 14.4. The van der Waals surface area contributed by atoms with E-state index in [0.29, 0.717) is 5.69 Å². The molecule has 1 atom stereocenters. The molecule has 0 aliphatic heterocycles. The highest BCUT2D eigenvalue weighted by Crippen LogP contribution is 2.15. The SMILES string of the molecule is CSc1ccc(C[NH+](C)CC(=O)Nc2cccc(S(N)(=O)=O)c2)cc1. The first kappa shape index (κ1) is 19.5. The molecule has 8 heteroatoms. The van der Waals surface area contributed by atoms with E-state index in [-0.39, 0.29) is 17.3 Å². The first-order chi connectivity index (χ1) is 11.8. The molecule has 1 unspecified atom stereocenters. The van der Waals surface area contributed by atoms with Crippen LogP contribution in [-0.4, -0.2) is 34.2 Å². The van der Waals surface area contributed by atoms with Gasteiger partial charge in [0.1, 0.15) is 6.54 Å². The molecule has 2 aromatic rings. The van der Waals surface area contributed by atoms with Gasteiger partial charge in [-0.1, -0.05) is 18.2 Å². The second-order valence-electron chi connectivity index (χ2n) is 5.78. The van der Waals surface area contributed by atoms with Crippen LogP contribution in [0, 0.1) is 0 Å². The molecule has 0 fully saturated rings. The van der Waals surface area contributed by atoms with E-state index >= 15 is 0 Å². The fourth-order valence-corrected chi connectivity index (χ4v) is 3.35. The maximum Gasteiger partial charge on any atom is 0.279 e. The molecule has 134 valence electrons. The molecule has 2 aromatic carbocycles. The predicted molar refractivity (Wildman–Crippen MR) is 100 cm³/mol. The molecular weight excluding hydrogens is 358 g/mol. The summed E-state index contributed by atoms with van der Waals surface area (Å²) < 4.78 is 22.7. The largest absolute Gasteiger partial charge is 0.326 e. The number of anilines is 1. The molecule has 0 spiro atoms. The molecule has 0 aliphatic rings. The Labute approximate surface area is 152 Å². The van der Waals surface area contributed by atoms with Gasteiger partial charge in [0.05, 0.1) is 11.9 Å². The van der Waals surface area contributed by atoms with Crippen LogP contribution in [0.4, 0.5) is 5.69 Å². The first-order valence-electron chi connectivity index (χ1n) is 7.65. The third kappa shape index (κ3) is 6.17. The van der Waals surface area contributed by atoms with E-state index in [9.17, 15) is 13.2 Å². The number of quaternary nitrogens is 1. The lowest BCUT2D eigenvalue weighted by atomic mass is 10.2. The minimum atomic E-state index is -3.79. The summed E-state index contributed by atoms with van der Waals surface area (Å²) in [5, 5.41) is 7.80. The van der Waals surface area contributed by atoms with Crippen molar-refractivity contribution in [3.8, 4) is 0 Å². The Morgan fingerprint density at radius 3 is 2.48 bits per heavy atom. The average Bonchev–Trinajstić information content (AvgIpc) is 2.54. The smallest absolute Gasteiger partial charge is 0.279 e. The number of primary sulfonamides is 1. The Kier molecular flexibility index (Phi) is 6.60. The summed E-state index contributed by atoms with van der Waals surface area (Å²) in [6.45, 7) is 0.989. The molecule has 2 rings (SSSR count). The Hall–Kier alpha value is -1.87. The molecule has 0 heterocycles. The number of benzene rings is 2. The van der Waals surface area contributed by atoms with Crippen molar-refractivity contribution in [2.24, 2.45) is 5.14 Å². The standard InChI is InChI=1S/C17H21N3O3S2/c1-20(11-13-6-8-15(24-2)9-7-13)12-17(21)19-14-4-3-5-16(10-14)25(18,22)23/h3-10H,11-12H2,1-2H3,(H,19,21)(H2,18,22,23)/p+1. The number of hydrogen-bond acceptors (Lipinski definition) is 4. The zero-order valence-electron chi connectivity index (χ0n) is 14.2. The summed E-state index contributed by atoms with van der Waals surface area (Å²) >= 11 is 1.69. The summed E-state index contributed by atoms with van der Waals surface area (Å²) in [6, 6.07) is 14.1. The van der Waals surface area contributed by atoms with Gasteiger partial charge in [0.25, 0.3) is 5.91 Å². The Morgan fingerprint density at radius 1 is 1.20 bits per heavy atom. The minimum absolute atomic E-state index is 0.0279. The second kappa shape index (κ2) is 8.48. The molecule has 25 heavy (non-hydrogen) atoms. The second-order valence-corrected chi connectivity index (χ2v) is 8.22. The van der Waals surface area contributed by atoms with E-state index in [4.69, 9.17) is 5.14 Å². The molecule has 0 aliphatic carbocycles. The van der Waals surface area contributed by atoms with Gasteiger partial charge in [0, 0.05) is 16.1 Å². The van der Waals surface area contributed by atoms with Crippen molar-refractivity contribution in [2.45, 2.75) is 16.3 Å². The first-order valence-corrected chi connectivity index (χ1v) is 10.4. The van der Waals surface area contributed by atoms with Crippen LogP contribution in [0.5, 0.6) is 0 Å². The van der Waals surface area contributed by atoms with Gasteiger partial charge in [-0.25, -0.2) is 13.6 Å². The van der Waals surface area contributed by atoms with Crippen molar-refractivity contribution in [3.63, 3.8) is 0 Å². The van der Waals surface area contributed by atoms with Crippen LogP contribution in [0.1, 0.15) is 5.56 Å². The van der Waals surface area contributed by atoms with Crippen molar-refractivity contribution in [2.75, 3.05) is 25.2 Å². The van der Waals surface area contributed by atoms with E-state index in [2.05, 4.69) is 29.6 Å². The fraction of sp³-hybridized carbons (Fsp3) is 0.235. The van der Waals surface area contributed by atoms with Crippen LogP contribution in [0.2, 0.25) is 0 Å². The van der Waals surface area contributed by atoms with Crippen LogP contribution >= 0.6 is 11.8 Å². The minimum Gasteiger partial charge on any atom is -0.326 e. The monoisotopic (exact) mass is 380 g/mol. The summed E-state index contributed by atoms with van der Waals surface area (Å²) in [5.41, 5.74) is 1.56. The number of carbonyl (C=O) groups is 1. The third-order valence-corrected chi connectivity index (χ3v) is 5.23. The topological polar surface area (TPSA) is 93.7 Å². The highest BCUT2D eigenvalue weighted by atomic mass is 32.2. The highest BCUT2D eigenvalue weighted by molar-refractivity contribution is 7.98. The molecule has 1 amide bonds. The molecular formula is C17H22N3O3S2+. The van der Waals surface area contributed by atoms with Crippen molar-refractivity contribution in [3.05, 3.63) is 54.1 Å². The fourth-order valence-electron chi connectivity index (χ4n) is 2.38.